The number of halogens is 4. The van der Waals surface area contributed by atoms with Gasteiger partial charge < -0.3 is 14.6 Å². The highest BCUT2D eigenvalue weighted by Gasteiger charge is 2.33. The fraction of sp³-hybridized carbons (Fsp3) is 0.375. The first-order valence-corrected chi connectivity index (χ1v) is 5.05. The molecule has 1 aromatic rings. The summed E-state index contributed by atoms with van der Waals surface area (Å²) in [5.41, 5.74) is -0.0581. The van der Waals surface area contributed by atoms with Crippen molar-refractivity contribution in [2.45, 2.75) is 13.0 Å². The minimum absolute atomic E-state index is 0.0581. The Balaban J connectivity index is 3.16. The Kier molecular flexibility index (Phi) is 4.19. The van der Waals surface area contributed by atoms with Crippen molar-refractivity contribution in [3.63, 3.8) is 0 Å². The molecule has 0 saturated carbocycles. The maximum Gasteiger partial charge on any atom is 0.574 e. The van der Waals surface area contributed by atoms with Gasteiger partial charge in [0.25, 0.3) is 0 Å². The summed E-state index contributed by atoms with van der Waals surface area (Å²) in [5, 5.41) is 8.97. The Morgan fingerprint density at radius 2 is 2.12 bits per heavy atom. The molecule has 0 aliphatic carbocycles. The third-order valence-corrected chi connectivity index (χ3v) is 2.81. The fourth-order valence-corrected chi connectivity index (χ4v) is 1.73. The first-order valence-electron chi connectivity index (χ1n) is 3.97. The van der Waals surface area contributed by atoms with Gasteiger partial charge in [0.05, 0.1) is 29.0 Å². The lowest BCUT2D eigenvalue weighted by molar-refractivity contribution is -0.276. The van der Waals surface area contributed by atoms with Gasteiger partial charge in [-0.1, -0.05) is 0 Å². The third-order valence-electron chi connectivity index (χ3n) is 1.63. The van der Waals surface area contributed by atoms with Crippen molar-refractivity contribution in [3.05, 3.63) is 15.3 Å². The van der Waals surface area contributed by atoms with E-state index in [0.29, 0.717) is 3.57 Å². The number of pyridine rings is 1. The van der Waals surface area contributed by atoms with E-state index in [2.05, 4.69) is 9.72 Å². The second-order valence-corrected chi connectivity index (χ2v) is 3.71. The van der Waals surface area contributed by atoms with Crippen LogP contribution in [0, 0.1) is 3.57 Å². The van der Waals surface area contributed by atoms with Gasteiger partial charge in [-0.25, -0.2) is 4.98 Å². The van der Waals surface area contributed by atoms with E-state index < -0.39 is 18.8 Å². The van der Waals surface area contributed by atoms with Crippen molar-refractivity contribution < 1.29 is 27.8 Å². The number of alkyl halides is 3. The molecule has 0 bridgehead atoms. The molecule has 0 amide bonds. The molecule has 90 valence electrons. The molecule has 8 heteroatoms. The molecule has 1 N–H and O–H groups in total. The number of aromatic nitrogens is 1. The zero-order valence-electron chi connectivity index (χ0n) is 8.01. The lowest BCUT2D eigenvalue weighted by Crippen LogP contribution is -2.19. The van der Waals surface area contributed by atoms with E-state index in [1.165, 1.54) is 7.11 Å². The van der Waals surface area contributed by atoms with E-state index in [4.69, 9.17) is 9.84 Å². The summed E-state index contributed by atoms with van der Waals surface area (Å²) in [6.07, 6.45) is -3.74. The summed E-state index contributed by atoms with van der Waals surface area (Å²) in [6, 6.07) is 0. The molecule has 0 radical (unpaired) electrons. The van der Waals surface area contributed by atoms with Gasteiger partial charge in [-0.3, -0.25) is 0 Å². The molecule has 0 aromatic carbocycles. The summed E-state index contributed by atoms with van der Waals surface area (Å²) in [7, 11) is 1.35. The number of methoxy groups -OCH3 is 1. The third kappa shape index (κ3) is 3.11. The fourth-order valence-electron chi connectivity index (χ4n) is 0.971. The molecule has 0 unspecified atom stereocenters. The lowest BCUT2D eigenvalue weighted by atomic mass is 10.3. The van der Waals surface area contributed by atoms with Crippen LogP contribution in [0.25, 0.3) is 0 Å². The van der Waals surface area contributed by atoms with Crippen LogP contribution in [0.15, 0.2) is 6.20 Å². The smallest absolute Gasteiger partial charge is 0.494 e. The highest BCUT2D eigenvalue weighted by molar-refractivity contribution is 14.1. The van der Waals surface area contributed by atoms with E-state index in [-0.39, 0.29) is 11.3 Å². The second kappa shape index (κ2) is 5.04. The number of aliphatic hydroxyl groups is 1. The molecule has 4 nitrogen and oxygen atoms in total. The summed E-state index contributed by atoms with van der Waals surface area (Å²) in [5.74, 6) is -0.389. The highest BCUT2D eigenvalue weighted by atomic mass is 127. The van der Waals surface area contributed by atoms with Crippen LogP contribution in [0.4, 0.5) is 13.2 Å². The number of hydrogen-bond acceptors (Lipinski definition) is 4. The zero-order valence-corrected chi connectivity index (χ0v) is 10.2. The predicted octanol–water partition coefficient (Wildman–Crippen LogP) is 2.09. The molecular weight excluding hydrogens is 342 g/mol. The zero-order chi connectivity index (χ0) is 12.3. The summed E-state index contributed by atoms with van der Waals surface area (Å²) in [6.45, 7) is -0.617. The van der Waals surface area contributed by atoms with Gasteiger partial charge >= 0.3 is 6.36 Å². The van der Waals surface area contributed by atoms with E-state index in [1.54, 1.807) is 22.6 Å². The molecule has 0 aliphatic heterocycles. The van der Waals surface area contributed by atoms with Crippen molar-refractivity contribution in [3.8, 4) is 11.6 Å². The quantitative estimate of drug-likeness (QED) is 0.850. The minimum atomic E-state index is -4.84. The van der Waals surface area contributed by atoms with Gasteiger partial charge in [-0.05, 0) is 22.6 Å². The van der Waals surface area contributed by atoms with Crippen LogP contribution in [0.1, 0.15) is 5.56 Å². The van der Waals surface area contributed by atoms with Crippen LogP contribution in [-0.2, 0) is 6.61 Å². The van der Waals surface area contributed by atoms with Gasteiger partial charge in [0, 0.05) is 0 Å². The van der Waals surface area contributed by atoms with Crippen LogP contribution in [-0.4, -0.2) is 23.6 Å². The molecule has 0 fully saturated rings. The van der Waals surface area contributed by atoms with Crippen LogP contribution < -0.4 is 9.47 Å². The molecule has 0 atom stereocenters. The second-order valence-electron chi connectivity index (χ2n) is 2.63. The molecule has 0 spiro atoms. The van der Waals surface area contributed by atoms with Crippen molar-refractivity contribution in [1.82, 2.24) is 4.98 Å². The van der Waals surface area contributed by atoms with Crippen LogP contribution in [0.5, 0.6) is 11.6 Å². The molecule has 1 rings (SSSR count). The maximum atomic E-state index is 12.0. The number of nitrogens with zero attached hydrogens (tertiary/aromatic N) is 1. The topological polar surface area (TPSA) is 51.6 Å². The monoisotopic (exact) mass is 349 g/mol. The molecule has 0 aliphatic rings. The van der Waals surface area contributed by atoms with E-state index in [9.17, 15) is 13.2 Å². The van der Waals surface area contributed by atoms with Crippen molar-refractivity contribution in [2.24, 2.45) is 0 Å². The van der Waals surface area contributed by atoms with Gasteiger partial charge in [0.15, 0.2) is 5.75 Å². The van der Waals surface area contributed by atoms with Crippen molar-refractivity contribution in [1.29, 1.82) is 0 Å². The van der Waals surface area contributed by atoms with Crippen molar-refractivity contribution in [2.75, 3.05) is 7.11 Å². The van der Waals surface area contributed by atoms with Gasteiger partial charge in [0.1, 0.15) is 0 Å². The average molecular weight is 349 g/mol. The highest BCUT2D eigenvalue weighted by Crippen LogP contribution is 2.32. The molecule has 16 heavy (non-hydrogen) atoms. The first-order chi connectivity index (χ1) is 7.39. The average Bonchev–Trinajstić information content (AvgIpc) is 2.16. The summed E-state index contributed by atoms with van der Waals surface area (Å²) >= 11 is 1.75. The number of hydrogen-bond donors (Lipinski definition) is 1. The lowest BCUT2D eigenvalue weighted by Gasteiger charge is -2.13. The number of rotatable bonds is 3. The Bertz CT molecular complexity index is 384. The number of ether oxygens (including phenoxy) is 2. The molecule has 1 heterocycles. The van der Waals surface area contributed by atoms with Gasteiger partial charge in [-0.2, -0.15) is 0 Å². The minimum Gasteiger partial charge on any atom is -0.494 e. The standard InChI is InChI=1S/C8H7F3INO3/c1-15-5-2-13-7(16-8(9,10)11)4(3-14)6(5)12/h2,14H,3H2,1H3. The normalized spacial score (nSPS) is 11.4. The largest absolute Gasteiger partial charge is 0.574 e. The van der Waals surface area contributed by atoms with E-state index in [0.717, 1.165) is 6.20 Å². The maximum absolute atomic E-state index is 12.0. The molecule has 0 saturated heterocycles. The molecular formula is C8H7F3INO3. The van der Waals surface area contributed by atoms with Crippen LogP contribution in [0.3, 0.4) is 0 Å². The summed E-state index contributed by atoms with van der Waals surface area (Å²) < 4.78 is 44.8. The van der Waals surface area contributed by atoms with Crippen LogP contribution in [0.2, 0.25) is 0 Å². The summed E-state index contributed by atoms with van der Waals surface area (Å²) in [4.78, 5) is 3.43. The SMILES string of the molecule is COc1cnc(OC(F)(F)F)c(CO)c1I. The Hall–Kier alpha value is -0.770. The Morgan fingerprint density at radius 3 is 2.56 bits per heavy atom. The Morgan fingerprint density at radius 1 is 1.50 bits per heavy atom. The van der Waals surface area contributed by atoms with E-state index >= 15 is 0 Å². The van der Waals surface area contributed by atoms with E-state index in [1.807, 2.05) is 0 Å². The Labute approximate surface area is 103 Å². The number of aliphatic hydroxyl groups excluding tert-OH is 1. The van der Waals surface area contributed by atoms with Crippen LogP contribution >= 0.6 is 22.6 Å². The predicted molar refractivity (Wildman–Crippen MR) is 56.1 cm³/mol. The first kappa shape index (κ1) is 13.3. The van der Waals surface area contributed by atoms with Gasteiger partial charge in [-0.15, -0.1) is 13.2 Å². The molecule has 1 aromatic heterocycles. The van der Waals surface area contributed by atoms with Gasteiger partial charge in [0.2, 0.25) is 5.88 Å². The van der Waals surface area contributed by atoms with Crippen molar-refractivity contribution >= 4 is 22.6 Å².